The predicted octanol–water partition coefficient (Wildman–Crippen LogP) is 1.49. The fourth-order valence-electron chi connectivity index (χ4n) is 0.798. The molecule has 5 heteroatoms. The number of hydrogen-bond donors (Lipinski definition) is 2. The minimum atomic E-state index is -2.02. The van der Waals surface area contributed by atoms with E-state index in [1.54, 1.807) is 0 Å². The molecule has 0 saturated heterocycles. The van der Waals surface area contributed by atoms with Crippen LogP contribution in [-0.2, 0) is 0 Å². The summed E-state index contributed by atoms with van der Waals surface area (Å²) >= 11 is 11.2. The smallest absolute Gasteiger partial charge is 0.218 e. The lowest BCUT2D eigenvalue weighted by Crippen LogP contribution is -2.19. The maximum absolute atomic E-state index is 11.0. The van der Waals surface area contributed by atoms with E-state index in [1.807, 2.05) is 0 Å². The van der Waals surface area contributed by atoms with Crippen LogP contribution in [0.15, 0.2) is 18.2 Å². The maximum Gasteiger partial charge on any atom is 0.218 e. The first-order chi connectivity index (χ1) is 6.02. The number of benzene rings is 1. The van der Waals surface area contributed by atoms with Crippen LogP contribution in [0.1, 0.15) is 10.4 Å². The summed E-state index contributed by atoms with van der Waals surface area (Å²) in [6, 6.07) is 4.07. The SMILES string of the molecule is O=C(c1ccc(Cl)c(Cl)c1)C(O)O. The van der Waals surface area contributed by atoms with Gasteiger partial charge in [-0.3, -0.25) is 4.79 Å². The molecule has 0 bridgehead atoms. The number of Topliss-reactive ketones (excluding diaryl/α,β-unsaturated/α-hetero) is 1. The van der Waals surface area contributed by atoms with Gasteiger partial charge in [-0.2, -0.15) is 0 Å². The summed E-state index contributed by atoms with van der Waals surface area (Å²) in [5, 5.41) is 17.6. The average molecular weight is 221 g/mol. The van der Waals surface area contributed by atoms with Crippen LogP contribution in [-0.4, -0.2) is 22.3 Å². The van der Waals surface area contributed by atoms with Crippen LogP contribution in [0.5, 0.6) is 0 Å². The number of halogens is 2. The van der Waals surface area contributed by atoms with Crippen molar-refractivity contribution in [2.75, 3.05) is 0 Å². The van der Waals surface area contributed by atoms with Gasteiger partial charge in [0.1, 0.15) is 0 Å². The molecule has 1 rings (SSSR count). The molecule has 0 radical (unpaired) electrons. The van der Waals surface area contributed by atoms with Crippen molar-refractivity contribution < 1.29 is 15.0 Å². The van der Waals surface area contributed by atoms with Gasteiger partial charge < -0.3 is 10.2 Å². The van der Waals surface area contributed by atoms with Crippen LogP contribution in [0.25, 0.3) is 0 Å². The molecule has 0 aliphatic heterocycles. The van der Waals surface area contributed by atoms with E-state index in [-0.39, 0.29) is 10.6 Å². The molecule has 3 nitrogen and oxygen atoms in total. The molecule has 0 aromatic heterocycles. The Kier molecular flexibility index (Phi) is 3.27. The highest BCUT2D eigenvalue weighted by Crippen LogP contribution is 2.22. The Labute approximate surface area is 84.5 Å². The molecule has 13 heavy (non-hydrogen) atoms. The van der Waals surface area contributed by atoms with Crippen molar-refractivity contribution in [2.45, 2.75) is 6.29 Å². The summed E-state index contributed by atoms with van der Waals surface area (Å²) < 4.78 is 0. The third-order valence-corrected chi connectivity index (χ3v) is 2.18. The molecule has 0 saturated carbocycles. The van der Waals surface area contributed by atoms with Crippen LogP contribution < -0.4 is 0 Å². The van der Waals surface area contributed by atoms with Crippen molar-refractivity contribution in [3.63, 3.8) is 0 Å². The van der Waals surface area contributed by atoms with E-state index in [1.165, 1.54) is 18.2 Å². The number of hydrogen-bond acceptors (Lipinski definition) is 3. The highest BCUT2D eigenvalue weighted by Gasteiger charge is 2.14. The fourth-order valence-corrected chi connectivity index (χ4v) is 1.10. The van der Waals surface area contributed by atoms with Crippen LogP contribution >= 0.6 is 23.2 Å². The second-order valence-electron chi connectivity index (χ2n) is 2.37. The zero-order chi connectivity index (χ0) is 10.0. The fraction of sp³-hybridized carbons (Fsp3) is 0.125. The molecule has 70 valence electrons. The molecule has 1 aromatic carbocycles. The highest BCUT2D eigenvalue weighted by atomic mass is 35.5. The number of carbonyl (C=O) groups is 1. The highest BCUT2D eigenvalue weighted by molar-refractivity contribution is 6.42. The number of aliphatic hydroxyl groups is 2. The molecule has 0 spiro atoms. The molecule has 0 aliphatic rings. The Morgan fingerprint density at radius 2 is 1.85 bits per heavy atom. The molecular formula is C8H6Cl2O3. The second kappa shape index (κ2) is 4.07. The minimum absolute atomic E-state index is 0.115. The lowest BCUT2D eigenvalue weighted by atomic mass is 10.1. The normalized spacial score (nSPS) is 10.5. The van der Waals surface area contributed by atoms with E-state index in [9.17, 15) is 4.79 Å². The maximum atomic E-state index is 11.0. The third kappa shape index (κ3) is 2.42. The Morgan fingerprint density at radius 1 is 1.23 bits per heavy atom. The van der Waals surface area contributed by atoms with Crippen LogP contribution in [0, 0.1) is 0 Å². The van der Waals surface area contributed by atoms with E-state index in [4.69, 9.17) is 33.4 Å². The lowest BCUT2D eigenvalue weighted by Gasteiger charge is -2.03. The summed E-state index contributed by atoms with van der Waals surface area (Å²) in [4.78, 5) is 11.0. The first-order valence-electron chi connectivity index (χ1n) is 3.38. The van der Waals surface area contributed by atoms with Crippen LogP contribution in [0.4, 0.5) is 0 Å². The van der Waals surface area contributed by atoms with Gasteiger partial charge in [-0.25, -0.2) is 0 Å². The van der Waals surface area contributed by atoms with Gasteiger partial charge >= 0.3 is 0 Å². The Balaban J connectivity index is 3.04. The second-order valence-corrected chi connectivity index (χ2v) is 3.18. The molecule has 0 heterocycles. The van der Waals surface area contributed by atoms with Crippen molar-refractivity contribution in [1.29, 1.82) is 0 Å². The van der Waals surface area contributed by atoms with Gasteiger partial charge in [-0.05, 0) is 18.2 Å². The number of aliphatic hydroxyl groups excluding tert-OH is 1. The van der Waals surface area contributed by atoms with Crippen molar-refractivity contribution >= 4 is 29.0 Å². The van der Waals surface area contributed by atoms with Crippen molar-refractivity contribution in [3.8, 4) is 0 Å². The van der Waals surface area contributed by atoms with Gasteiger partial charge in [-0.15, -0.1) is 0 Å². The Morgan fingerprint density at radius 3 is 2.31 bits per heavy atom. The van der Waals surface area contributed by atoms with E-state index in [0.717, 1.165) is 0 Å². The van der Waals surface area contributed by atoms with Crippen LogP contribution in [0.2, 0.25) is 10.0 Å². The largest absolute Gasteiger partial charge is 0.362 e. The average Bonchev–Trinajstić information content (AvgIpc) is 2.08. The molecule has 2 N–H and O–H groups in total. The molecule has 0 atom stereocenters. The summed E-state index contributed by atoms with van der Waals surface area (Å²) in [6.45, 7) is 0. The molecule has 0 unspecified atom stereocenters. The van der Waals surface area contributed by atoms with Gasteiger partial charge in [0, 0.05) is 5.56 Å². The van der Waals surface area contributed by atoms with E-state index >= 15 is 0 Å². The van der Waals surface area contributed by atoms with Crippen molar-refractivity contribution in [1.82, 2.24) is 0 Å². The molecule has 1 aromatic rings. The minimum Gasteiger partial charge on any atom is -0.362 e. The van der Waals surface area contributed by atoms with Crippen molar-refractivity contribution in [3.05, 3.63) is 33.8 Å². The van der Waals surface area contributed by atoms with Gasteiger partial charge in [0.05, 0.1) is 10.0 Å². The summed E-state index contributed by atoms with van der Waals surface area (Å²) in [5.41, 5.74) is 0.115. The van der Waals surface area contributed by atoms with E-state index in [0.29, 0.717) is 5.02 Å². The number of ketones is 1. The standard InChI is InChI=1S/C8H6Cl2O3/c9-5-2-1-4(3-6(5)10)7(11)8(12)13/h1-3,8,12-13H. The van der Waals surface area contributed by atoms with Gasteiger partial charge in [0.15, 0.2) is 0 Å². The Hall–Kier alpha value is -0.610. The van der Waals surface area contributed by atoms with Gasteiger partial charge in [0.25, 0.3) is 0 Å². The van der Waals surface area contributed by atoms with Gasteiger partial charge in [0.2, 0.25) is 12.1 Å². The van der Waals surface area contributed by atoms with Crippen LogP contribution in [0.3, 0.4) is 0 Å². The zero-order valence-electron chi connectivity index (χ0n) is 6.37. The molecule has 0 aliphatic carbocycles. The van der Waals surface area contributed by atoms with Gasteiger partial charge in [-0.1, -0.05) is 23.2 Å². The number of rotatable bonds is 2. The van der Waals surface area contributed by atoms with E-state index < -0.39 is 12.1 Å². The summed E-state index contributed by atoms with van der Waals surface area (Å²) in [7, 11) is 0. The monoisotopic (exact) mass is 220 g/mol. The summed E-state index contributed by atoms with van der Waals surface area (Å²) in [5.74, 6) is -0.807. The predicted molar refractivity (Wildman–Crippen MR) is 49.0 cm³/mol. The quantitative estimate of drug-likeness (QED) is 0.587. The third-order valence-electron chi connectivity index (χ3n) is 1.44. The topological polar surface area (TPSA) is 57.5 Å². The first-order valence-corrected chi connectivity index (χ1v) is 4.13. The number of carbonyl (C=O) groups excluding carboxylic acids is 1. The molecular weight excluding hydrogens is 215 g/mol. The van der Waals surface area contributed by atoms with E-state index in [2.05, 4.69) is 0 Å². The Bertz CT molecular complexity index is 336. The molecule has 0 amide bonds. The first kappa shape index (κ1) is 10.5. The lowest BCUT2D eigenvalue weighted by molar-refractivity contribution is -0.0195. The molecule has 0 fully saturated rings. The van der Waals surface area contributed by atoms with Crippen molar-refractivity contribution in [2.24, 2.45) is 0 Å². The zero-order valence-corrected chi connectivity index (χ0v) is 7.88. The summed E-state index contributed by atoms with van der Waals surface area (Å²) in [6.07, 6.45) is -2.02.